The Hall–Kier alpha value is -2.02. The van der Waals surface area contributed by atoms with Gasteiger partial charge < -0.3 is 14.9 Å². The van der Waals surface area contributed by atoms with Crippen molar-refractivity contribution in [3.63, 3.8) is 0 Å². The molecular formula is C16H20F2N2O3. The second-order valence-electron chi connectivity index (χ2n) is 5.90. The first-order valence-corrected chi connectivity index (χ1v) is 7.48. The lowest BCUT2D eigenvalue weighted by molar-refractivity contribution is -0.134. The lowest BCUT2D eigenvalue weighted by Crippen LogP contribution is -2.36. The summed E-state index contributed by atoms with van der Waals surface area (Å²) in [6.45, 7) is 2.09. The van der Waals surface area contributed by atoms with Gasteiger partial charge in [0.15, 0.2) is 0 Å². The number of carbonyl (C=O) groups is 2. The Morgan fingerprint density at radius 3 is 2.78 bits per heavy atom. The summed E-state index contributed by atoms with van der Waals surface area (Å²) >= 11 is 0. The van der Waals surface area contributed by atoms with E-state index >= 15 is 0 Å². The Labute approximate surface area is 133 Å². The lowest BCUT2D eigenvalue weighted by atomic mass is 10.1. The number of aliphatic hydroxyl groups excluding tert-OH is 1. The van der Waals surface area contributed by atoms with Gasteiger partial charge in [0.1, 0.15) is 11.6 Å². The van der Waals surface area contributed by atoms with Crippen molar-refractivity contribution < 1.29 is 23.5 Å². The molecule has 23 heavy (non-hydrogen) atoms. The number of nitrogens with zero attached hydrogens (tertiary/aromatic N) is 2. The van der Waals surface area contributed by atoms with Gasteiger partial charge >= 0.3 is 0 Å². The van der Waals surface area contributed by atoms with Crippen molar-refractivity contribution in [3.05, 3.63) is 29.8 Å². The van der Waals surface area contributed by atoms with E-state index in [1.807, 2.05) is 0 Å². The fourth-order valence-electron chi connectivity index (χ4n) is 2.61. The number of halogens is 2. The van der Waals surface area contributed by atoms with Crippen molar-refractivity contribution in [2.75, 3.05) is 25.0 Å². The standard InChI is InChI=1S/C16H20F2N2O3/c1-10(21)5-6-19(2)16(23)11-7-15(22)20(9-11)14-4-3-12(17)8-13(14)18/h3-4,8,10-11,21H,5-7,9H2,1-2H3. The molecule has 2 atom stereocenters. The molecule has 1 saturated heterocycles. The number of carbonyl (C=O) groups excluding carboxylic acids is 2. The predicted octanol–water partition coefficient (Wildman–Crippen LogP) is 1.55. The zero-order chi connectivity index (χ0) is 17.1. The smallest absolute Gasteiger partial charge is 0.227 e. The number of benzene rings is 1. The van der Waals surface area contributed by atoms with Gasteiger partial charge in [0.05, 0.1) is 17.7 Å². The summed E-state index contributed by atoms with van der Waals surface area (Å²) in [5.74, 6) is -2.69. The number of rotatable bonds is 5. The van der Waals surface area contributed by atoms with Crippen molar-refractivity contribution in [2.45, 2.75) is 25.9 Å². The van der Waals surface area contributed by atoms with E-state index in [4.69, 9.17) is 0 Å². The fraction of sp³-hybridized carbons (Fsp3) is 0.500. The molecule has 1 aromatic rings. The van der Waals surface area contributed by atoms with Crippen LogP contribution in [-0.4, -0.2) is 48.1 Å². The van der Waals surface area contributed by atoms with Crippen LogP contribution in [0.5, 0.6) is 0 Å². The van der Waals surface area contributed by atoms with E-state index in [1.54, 1.807) is 14.0 Å². The van der Waals surface area contributed by atoms with Crippen molar-refractivity contribution in [1.29, 1.82) is 0 Å². The minimum Gasteiger partial charge on any atom is -0.393 e. The number of anilines is 1. The Morgan fingerprint density at radius 1 is 1.48 bits per heavy atom. The summed E-state index contributed by atoms with van der Waals surface area (Å²) in [7, 11) is 1.61. The zero-order valence-electron chi connectivity index (χ0n) is 13.1. The predicted molar refractivity (Wildman–Crippen MR) is 80.8 cm³/mol. The monoisotopic (exact) mass is 326 g/mol. The third kappa shape index (κ3) is 4.04. The molecule has 0 aromatic heterocycles. The Kier molecular flexibility index (Phi) is 5.30. The maximum Gasteiger partial charge on any atom is 0.227 e. The molecule has 2 rings (SSSR count). The molecule has 126 valence electrons. The Bertz CT molecular complexity index is 607. The second-order valence-corrected chi connectivity index (χ2v) is 5.90. The van der Waals surface area contributed by atoms with Crippen LogP contribution in [0.2, 0.25) is 0 Å². The summed E-state index contributed by atoms with van der Waals surface area (Å²) in [5, 5.41) is 9.26. The molecule has 7 heteroatoms. The third-order valence-electron chi connectivity index (χ3n) is 3.93. The van der Waals surface area contributed by atoms with E-state index in [-0.39, 0.29) is 30.5 Å². The maximum atomic E-state index is 13.8. The molecule has 0 spiro atoms. The van der Waals surface area contributed by atoms with Crippen LogP contribution < -0.4 is 4.90 Å². The average Bonchev–Trinajstić information content (AvgIpc) is 2.85. The van der Waals surface area contributed by atoms with Crippen LogP contribution in [0.25, 0.3) is 0 Å². The zero-order valence-corrected chi connectivity index (χ0v) is 13.1. The van der Waals surface area contributed by atoms with Crippen LogP contribution in [-0.2, 0) is 9.59 Å². The molecule has 1 N–H and O–H groups in total. The lowest BCUT2D eigenvalue weighted by Gasteiger charge is -2.22. The van der Waals surface area contributed by atoms with Crippen LogP contribution >= 0.6 is 0 Å². The van der Waals surface area contributed by atoms with Gasteiger partial charge in [0.2, 0.25) is 11.8 Å². The van der Waals surface area contributed by atoms with E-state index in [0.29, 0.717) is 19.0 Å². The first-order valence-electron chi connectivity index (χ1n) is 7.48. The molecule has 1 aliphatic heterocycles. The van der Waals surface area contributed by atoms with Crippen LogP contribution in [0, 0.1) is 17.6 Å². The van der Waals surface area contributed by atoms with E-state index in [1.165, 1.54) is 15.9 Å². The molecule has 0 saturated carbocycles. The molecule has 1 fully saturated rings. The first kappa shape index (κ1) is 17.3. The van der Waals surface area contributed by atoms with Crippen LogP contribution in [0.3, 0.4) is 0 Å². The number of hydrogen-bond acceptors (Lipinski definition) is 3. The summed E-state index contributed by atoms with van der Waals surface area (Å²) in [6, 6.07) is 2.99. The van der Waals surface area contributed by atoms with Gasteiger partial charge in [-0.15, -0.1) is 0 Å². The number of amides is 2. The van der Waals surface area contributed by atoms with Gasteiger partial charge in [-0.1, -0.05) is 0 Å². The van der Waals surface area contributed by atoms with Gasteiger partial charge in [-0.05, 0) is 25.5 Å². The van der Waals surface area contributed by atoms with E-state index in [2.05, 4.69) is 0 Å². The molecule has 0 bridgehead atoms. The van der Waals surface area contributed by atoms with Crippen molar-refractivity contribution >= 4 is 17.5 Å². The molecule has 2 amide bonds. The van der Waals surface area contributed by atoms with E-state index in [0.717, 1.165) is 6.07 Å². The van der Waals surface area contributed by atoms with Crippen molar-refractivity contribution in [3.8, 4) is 0 Å². The molecule has 5 nitrogen and oxygen atoms in total. The molecule has 0 aliphatic carbocycles. The van der Waals surface area contributed by atoms with Gasteiger partial charge in [0, 0.05) is 32.6 Å². The average molecular weight is 326 g/mol. The SMILES string of the molecule is CC(O)CCN(C)C(=O)C1CC(=O)N(c2ccc(F)cc2F)C1. The van der Waals surface area contributed by atoms with Crippen molar-refractivity contribution in [2.24, 2.45) is 5.92 Å². The Balaban J connectivity index is 2.06. The van der Waals surface area contributed by atoms with Gasteiger partial charge in [0.25, 0.3) is 0 Å². The molecule has 1 aliphatic rings. The van der Waals surface area contributed by atoms with Gasteiger partial charge in [-0.2, -0.15) is 0 Å². The molecule has 0 radical (unpaired) electrons. The highest BCUT2D eigenvalue weighted by Crippen LogP contribution is 2.28. The molecular weight excluding hydrogens is 306 g/mol. The fourth-order valence-corrected chi connectivity index (χ4v) is 2.61. The summed E-state index contributed by atoms with van der Waals surface area (Å²) in [4.78, 5) is 27.0. The van der Waals surface area contributed by atoms with Crippen LogP contribution in [0.4, 0.5) is 14.5 Å². The first-order chi connectivity index (χ1) is 10.8. The molecule has 2 unspecified atom stereocenters. The summed E-state index contributed by atoms with van der Waals surface area (Å²) in [6.07, 6.45) is -0.0753. The normalized spacial score (nSPS) is 19.1. The maximum absolute atomic E-state index is 13.8. The quantitative estimate of drug-likeness (QED) is 0.893. The van der Waals surface area contributed by atoms with E-state index in [9.17, 15) is 23.5 Å². The highest BCUT2D eigenvalue weighted by Gasteiger charge is 2.37. The van der Waals surface area contributed by atoms with Crippen molar-refractivity contribution in [1.82, 2.24) is 4.90 Å². The summed E-state index contributed by atoms with van der Waals surface area (Å²) in [5.41, 5.74) is -0.0154. The van der Waals surface area contributed by atoms with Crippen LogP contribution in [0.1, 0.15) is 19.8 Å². The second kappa shape index (κ2) is 7.04. The minimum absolute atomic E-state index is 0.00529. The van der Waals surface area contributed by atoms with Crippen LogP contribution in [0.15, 0.2) is 18.2 Å². The highest BCUT2D eigenvalue weighted by atomic mass is 19.1. The topological polar surface area (TPSA) is 60.9 Å². The number of hydrogen-bond donors (Lipinski definition) is 1. The van der Waals surface area contributed by atoms with Gasteiger partial charge in [-0.3, -0.25) is 9.59 Å². The summed E-state index contributed by atoms with van der Waals surface area (Å²) < 4.78 is 26.8. The minimum atomic E-state index is -0.825. The largest absolute Gasteiger partial charge is 0.393 e. The molecule has 1 heterocycles. The Morgan fingerprint density at radius 2 is 2.17 bits per heavy atom. The number of aliphatic hydroxyl groups is 1. The van der Waals surface area contributed by atoms with E-state index < -0.39 is 23.7 Å². The molecule has 1 aromatic carbocycles. The highest BCUT2D eigenvalue weighted by molar-refractivity contribution is 6.00. The third-order valence-corrected chi connectivity index (χ3v) is 3.93. The van der Waals surface area contributed by atoms with Gasteiger partial charge in [-0.25, -0.2) is 8.78 Å².